The number of carbonyl (C=O) groups is 1. The summed E-state index contributed by atoms with van der Waals surface area (Å²) in [6.45, 7) is 16.2. The molecule has 6 nitrogen and oxygen atoms in total. The second-order valence-electron chi connectivity index (χ2n) is 7.39. The van der Waals surface area contributed by atoms with E-state index in [1.54, 1.807) is 33.7 Å². The molecule has 0 spiro atoms. The number of morpholine rings is 1. The standard InChI is InChI=1S/C10H21NO.C9H9NO3S3.C2H6/c1-10(2,3)4-5-11-6-8-12-9-7-11;11-7-14-5-6-15-16-9-3-1-8(2-4-9)10(12)13;1-2/h4-9H2,1-3H3;1-4,7H,5-6H2;1-2H3. The zero-order chi connectivity index (χ0) is 22.8. The quantitative estimate of drug-likeness (QED) is 0.140. The van der Waals surface area contributed by atoms with Crippen molar-refractivity contribution in [3.63, 3.8) is 0 Å². The molecule has 9 heteroatoms. The van der Waals surface area contributed by atoms with E-state index >= 15 is 0 Å². The van der Waals surface area contributed by atoms with Crippen molar-refractivity contribution in [3.05, 3.63) is 34.4 Å². The van der Waals surface area contributed by atoms with Crippen molar-refractivity contribution in [2.24, 2.45) is 5.41 Å². The molecule has 0 radical (unpaired) electrons. The van der Waals surface area contributed by atoms with E-state index in [9.17, 15) is 14.9 Å². The summed E-state index contributed by atoms with van der Waals surface area (Å²) in [5.41, 5.74) is 1.40. The zero-order valence-electron chi connectivity index (χ0n) is 18.8. The van der Waals surface area contributed by atoms with Crippen LogP contribution in [0.25, 0.3) is 0 Å². The monoisotopic (exact) mass is 476 g/mol. The number of thioether (sulfide) groups is 1. The summed E-state index contributed by atoms with van der Waals surface area (Å²) in [6, 6.07) is 6.43. The molecule has 0 saturated carbocycles. The Morgan fingerprint density at radius 3 is 2.23 bits per heavy atom. The number of ether oxygens (including phenoxy) is 1. The molecular weight excluding hydrogens is 440 g/mol. The summed E-state index contributed by atoms with van der Waals surface area (Å²) < 4.78 is 5.29. The van der Waals surface area contributed by atoms with Gasteiger partial charge in [-0.1, -0.05) is 68.0 Å². The first-order chi connectivity index (χ1) is 14.3. The molecule has 0 bridgehead atoms. The highest BCUT2D eigenvalue weighted by atomic mass is 33.1. The molecular formula is C21H36N2O4S3. The Balaban J connectivity index is 0.000000535. The molecule has 30 heavy (non-hydrogen) atoms. The summed E-state index contributed by atoms with van der Waals surface area (Å²) in [5.74, 6) is 1.65. The second kappa shape index (κ2) is 17.9. The molecule has 0 amide bonds. The summed E-state index contributed by atoms with van der Waals surface area (Å²) in [4.78, 5) is 23.5. The van der Waals surface area contributed by atoms with Crippen LogP contribution in [0.3, 0.4) is 0 Å². The molecule has 0 aromatic heterocycles. The molecule has 0 unspecified atom stereocenters. The first kappa shape index (κ1) is 29.3. The molecule has 1 fully saturated rings. The van der Waals surface area contributed by atoms with Crippen LogP contribution in [0.2, 0.25) is 0 Å². The highest BCUT2D eigenvalue weighted by molar-refractivity contribution is 8.76. The van der Waals surface area contributed by atoms with Crippen molar-refractivity contribution in [2.45, 2.75) is 45.9 Å². The van der Waals surface area contributed by atoms with Crippen molar-refractivity contribution < 1.29 is 14.5 Å². The molecule has 1 heterocycles. The maximum Gasteiger partial charge on any atom is 0.269 e. The van der Waals surface area contributed by atoms with Gasteiger partial charge in [0.25, 0.3) is 5.69 Å². The van der Waals surface area contributed by atoms with Gasteiger partial charge < -0.3 is 4.74 Å². The van der Waals surface area contributed by atoms with Crippen molar-refractivity contribution >= 4 is 44.7 Å². The number of nitrogens with zero attached hydrogens (tertiary/aromatic N) is 2. The molecule has 0 atom stereocenters. The predicted molar refractivity (Wildman–Crippen MR) is 133 cm³/mol. The molecule has 172 valence electrons. The van der Waals surface area contributed by atoms with Crippen LogP contribution in [0.1, 0.15) is 41.0 Å². The summed E-state index contributed by atoms with van der Waals surface area (Å²) in [5, 5.41) is 10.4. The van der Waals surface area contributed by atoms with Gasteiger partial charge >= 0.3 is 0 Å². The number of benzene rings is 1. The number of hydrogen-bond acceptors (Lipinski definition) is 8. The number of rotatable bonds is 9. The minimum absolute atomic E-state index is 0.103. The highest BCUT2D eigenvalue weighted by Gasteiger charge is 2.15. The van der Waals surface area contributed by atoms with E-state index in [0.717, 1.165) is 48.3 Å². The van der Waals surface area contributed by atoms with E-state index in [4.69, 9.17) is 4.74 Å². The van der Waals surface area contributed by atoms with Crippen LogP contribution < -0.4 is 0 Å². The zero-order valence-corrected chi connectivity index (χ0v) is 21.2. The van der Waals surface area contributed by atoms with Gasteiger partial charge in [0.05, 0.1) is 18.1 Å². The summed E-state index contributed by atoms with van der Waals surface area (Å²) in [6.07, 6.45) is 1.28. The number of non-ortho nitro benzene ring substituents is 1. The van der Waals surface area contributed by atoms with Crippen LogP contribution in [-0.4, -0.2) is 59.8 Å². The topological polar surface area (TPSA) is 72.7 Å². The largest absolute Gasteiger partial charge is 0.379 e. The van der Waals surface area contributed by atoms with E-state index in [-0.39, 0.29) is 5.69 Å². The van der Waals surface area contributed by atoms with Gasteiger partial charge in [0.1, 0.15) is 0 Å². The van der Waals surface area contributed by atoms with Gasteiger partial charge in [0.2, 0.25) is 0 Å². The molecule has 0 N–H and O–H groups in total. The van der Waals surface area contributed by atoms with Crippen LogP contribution in [0, 0.1) is 15.5 Å². The van der Waals surface area contributed by atoms with Gasteiger partial charge in [-0.3, -0.25) is 19.8 Å². The van der Waals surface area contributed by atoms with Crippen LogP contribution in [-0.2, 0) is 9.53 Å². The van der Waals surface area contributed by atoms with Gasteiger partial charge in [-0.15, -0.1) is 0 Å². The fourth-order valence-corrected chi connectivity index (χ4v) is 5.01. The lowest BCUT2D eigenvalue weighted by molar-refractivity contribution is -0.384. The third-order valence-corrected chi connectivity index (χ3v) is 7.06. The van der Waals surface area contributed by atoms with Gasteiger partial charge in [-0.25, -0.2) is 0 Å². The molecule has 1 aliphatic heterocycles. The number of carbonyl (C=O) groups excluding carboxylic acids is 1. The normalized spacial score (nSPS) is 14.0. The average molecular weight is 477 g/mol. The minimum Gasteiger partial charge on any atom is -0.379 e. The fraction of sp³-hybridized carbons (Fsp3) is 0.667. The van der Waals surface area contributed by atoms with Gasteiger partial charge in [-0.05, 0) is 30.5 Å². The van der Waals surface area contributed by atoms with Crippen molar-refractivity contribution in [3.8, 4) is 0 Å². The van der Waals surface area contributed by atoms with Crippen molar-refractivity contribution in [1.82, 2.24) is 4.90 Å². The molecule has 1 saturated heterocycles. The van der Waals surface area contributed by atoms with E-state index < -0.39 is 4.92 Å². The fourth-order valence-electron chi connectivity index (χ4n) is 2.18. The SMILES string of the molecule is CC.CC(C)(C)CCN1CCOCC1.O=CSCCSSc1ccc([N+](=O)[O-])cc1. The molecule has 2 rings (SSSR count). The Hall–Kier alpha value is -0.740. The third-order valence-electron chi connectivity index (χ3n) is 3.84. The smallest absolute Gasteiger partial charge is 0.269 e. The maximum atomic E-state index is 10.4. The Morgan fingerprint density at radius 2 is 1.73 bits per heavy atom. The van der Waals surface area contributed by atoms with Crippen LogP contribution >= 0.6 is 33.3 Å². The minimum atomic E-state index is -0.414. The highest BCUT2D eigenvalue weighted by Crippen LogP contribution is 2.32. The van der Waals surface area contributed by atoms with Crippen LogP contribution in [0.15, 0.2) is 29.2 Å². The Morgan fingerprint density at radius 1 is 1.13 bits per heavy atom. The second-order valence-corrected chi connectivity index (χ2v) is 10.8. The first-order valence-electron chi connectivity index (χ1n) is 10.2. The average Bonchev–Trinajstić information content (AvgIpc) is 2.75. The Labute approximate surface area is 193 Å². The molecule has 1 aliphatic rings. The molecule has 1 aromatic carbocycles. The van der Waals surface area contributed by atoms with Crippen LogP contribution in [0.5, 0.6) is 0 Å². The lowest BCUT2D eigenvalue weighted by Gasteiger charge is -2.29. The predicted octanol–water partition coefficient (Wildman–Crippen LogP) is 6.04. The Kier molecular flexibility index (Phi) is 17.5. The number of nitro benzene ring substituents is 1. The number of nitro groups is 1. The lowest BCUT2D eigenvalue weighted by atomic mass is 9.92. The molecule has 0 aliphatic carbocycles. The Bertz CT molecular complexity index is 575. The van der Waals surface area contributed by atoms with E-state index in [1.165, 1.54) is 36.9 Å². The maximum absolute atomic E-state index is 10.4. The van der Waals surface area contributed by atoms with Gasteiger partial charge in [-0.2, -0.15) is 0 Å². The van der Waals surface area contributed by atoms with Gasteiger partial charge in [0, 0.05) is 41.6 Å². The first-order valence-corrected chi connectivity index (χ1v) is 13.6. The number of hydrogen-bond donors (Lipinski definition) is 0. The molecule has 1 aromatic rings. The third kappa shape index (κ3) is 16.0. The van der Waals surface area contributed by atoms with E-state index in [2.05, 4.69) is 25.7 Å². The van der Waals surface area contributed by atoms with Crippen molar-refractivity contribution in [1.29, 1.82) is 0 Å². The van der Waals surface area contributed by atoms with Crippen LogP contribution in [0.4, 0.5) is 5.69 Å². The lowest BCUT2D eigenvalue weighted by Crippen LogP contribution is -2.37. The van der Waals surface area contributed by atoms with E-state index in [0.29, 0.717) is 5.41 Å². The summed E-state index contributed by atoms with van der Waals surface area (Å²) in [7, 11) is 3.18. The van der Waals surface area contributed by atoms with Gasteiger partial charge in [0.15, 0.2) is 5.62 Å². The van der Waals surface area contributed by atoms with E-state index in [1.807, 2.05) is 13.8 Å². The summed E-state index contributed by atoms with van der Waals surface area (Å²) >= 11 is 1.25. The van der Waals surface area contributed by atoms with Crippen molar-refractivity contribution in [2.75, 3.05) is 44.4 Å².